The highest BCUT2D eigenvalue weighted by Crippen LogP contribution is 2.33. The van der Waals surface area contributed by atoms with E-state index in [2.05, 4.69) is 16.8 Å². The molecule has 0 saturated heterocycles. The molecule has 4 nitrogen and oxygen atoms in total. The number of hydrogen-bond donors (Lipinski definition) is 1. The summed E-state index contributed by atoms with van der Waals surface area (Å²) in [6.45, 7) is 1.31. The lowest BCUT2D eigenvalue weighted by Crippen LogP contribution is -2.02. The Kier molecular flexibility index (Phi) is 6.58. The molecule has 0 saturated carbocycles. The van der Waals surface area contributed by atoms with Crippen molar-refractivity contribution in [2.75, 3.05) is 6.67 Å². The number of alkyl halides is 1. The summed E-state index contributed by atoms with van der Waals surface area (Å²) in [4.78, 5) is 16.0. The minimum absolute atomic E-state index is 0.0545. The van der Waals surface area contributed by atoms with Gasteiger partial charge in [0.1, 0.15) is 5.82 Å². The lowest BCUT2D eigenvalue weighted by Gasteiger charge is -2.12. The zero-order valence-electron chi connectivity index (χ0n) is 15.5. The SMILES string of the molecule is Cc1c(C(=O)O)nc(-c2ccc(Cl)cc2Cl)n1-c1ccc(C#CCCCF)cc1. The maximum atomic E-state index is 12.1. The van der Waals surface area contributed by atoms with Crippen LogP contribution in [-0.4, -0.2) is 27.3 Å². The summed E-state index contributed by atoms with van der Waals surface area (Å²) >= 11 is 12.3. The average molecular weight is 431 g/mol. The summed E-state index contributed by atoms with van der Waals surface area (Å²) in [5.41, 5.74) is 2.50. The van der Waals surface area contributed by atoms with Gasteiger partial charge >= 0.3 is 5.97 Å². The maximum Gasteiger partial charge on any atom is 0.356 e. The molecule has 7 heteroatoms. The van der Waals surface area contributed by atoms with E-state index in [1.165, 1.54) is 0 Å². The number of benzene rings is 2. The first-order chi connectivity index (χ1) is 13.9. The second-order valence-corrected chi connectivity index (χ2v) is 7.12. The van der Waals surface area contributed by atoms with Gasteiger partial charge in [0, 0.05) is 28.3 Å². The molecule has 148 valence electrons. The van der Waals surface area contributed by atoms with Crippen molar-refractivity contribution in [2.45, 2.75) is 19.8 Å². The number of aromatic carboxylic acids is 1. The van der Waals surface area contributed by atoms with Crippen molar-refractivity contribution in [2.24, 2.45) is 0 Å². The lowest BCUT2D eigenvalue weighted by atomic mass is 10.1. The van der Waals surface area contributed by atoms with E-state index in [1.54, 1.807) is 29.7 Å². The van der Waals surface area contributed by atoms with Crippen molar-refractivity contribution in [3.63, 3.8) is 0 Å². The van der Waals surface area contributed by atoms with Gasteiger partial charge in [-0.05, 0) is 55.8 Å². The quantitative estimate of drug-likeness (QED) is 0.401. The number of unbranched alkanes of at least 4 members (excludes halogenated alkanes) is 1. The highest BCUT2D eigenvalue weighted by molar-refractivity contribution is 6.36. The third kappa shape index (κ3) is 4.61. The third-order valence-corrected chi connectivity index (χ3v) is 4.82. The number of carbonyl (C=O) groups is 1. The summed E-state index contributed by atoms with van der Waals surface area (Å²) < 4.78 is 13.9. The van der Waals surface area contributed by atoms with E-state index >= 15 is 0 Å². The van der Waals surface area contributed by atoms with Crippen molar-refractivity contribution >= 4 is 29.2 Å². The molecule has 1 aromatic heterocycles. The molecule has 0 unspecified atom stereocenters. The van der Waals surface area contributed by atoms with Crippen LogP contribution in [0, 0.1) is 18.8 Å². The van der Waals surface area contributed by atoms with Crippen LogP contribution in [0.3, 0.4) is 0 Å². The standard InChI is InChI=1S/C22H17Cl2FN2O2/c1-14-20(22(28)29)26-21(18-11-8-16(23)13-19(18)24)27(14)17-9-6-15(7-10-17)5-3-2-4-12-25/h6-11,13H,2,4,12H2,1H3,(H,28,29). The first kappa shape index (κ1) is 20.9. The van der Waals surface area contributed by atoms with Gasteiger partial charge in [0.25, 0.3) is 0 Å². The van der Waals surface area contributed by atoms with Crippen LogP contribution in [0.4, 0.5) is 4.39 Å². The van der Waals surface area contributed by atoms with Crippen LogP contribution >= 0.6 is 23.2 Å². The largest absolute Gasteiger partial charge is 0.476 e. The Labute approximate surface area is 177 Å². The number of carboxylic acid groups (broad SMARTS) is 1. The minimum atomic E-state index is -1.12. The third-order valence-electron chi connectivity index (χ3n) is 4.28. The van der Waals surface area contributed by atoms with E-state index in [1.807, 2.05) is 24.3 Å². The van der Waals surface area contributed by atoms with Crippen molar-refractivity contribution in [1.82, 2.24) is 9.55 Å². The highest BCUT2D eigenvalue weighted by atomic mass is 35.5. The topological polar surface area (TPSA) is 55.1 Å². The van der Waals surface area contributed by atoms with Gasteiger partial charge in [-0.25, -0.2) is 9.78 Å². The van der Waals surface area contributed by atoms with Crippen molar-refractivity contribution in [1.29, 1.82) is 0 Å². The fourth-order valence-corrected chi connectivity index (χ4v) is 3.38. The van der Waals surface area contributed by atoms with Crippen LogP contribution in [0.25, 0.3) is 17.1 Å². The lowest BCUT2D eigenvalue weighted by molar-refractivity contribution is 0.0690. The highest BCUT2D eigenvalue weighted by Gasteiger charge is 2.22. The molecule has 0 fully saturated rings. The number of rotatable bonds is 5. The smallest absolute Gasteiger partial charge is 0.356 e. The van der Waals surface area contributed by atoms with Crippen molar-refractivity contribution in [3.8, 4) is 28.9 Å². The second kappa shape index (κ2) is 9.13. The average Bonchev–Trinajstić information content (AvgIpc) is 3.03. The summed E-state index contributed by atoms with van der Waals surface area (Å²) in [5, 5.41) is 10.4. The fraction of sp³-hybridized carbons (Fsp3) is 0.182. The van der Waals surface area contributed by atoms with Gasteiger partial charge in [0.05, 0.1) is 17.4 Å². The molecule has 0 bridgehead atoms. The predicted octanol–water partition coefficient (Wildman–Crippen LogP) is 5.95. The normalized spacial score (nSPS) is 10.5. The van der Waals surface area contributed by atoms with Crippen LogP contribution in [0.2, 0.25) is 10.0 Å². The van der Waals surface area contributed by atoms with Gasteiger partial charge in [-0.15, -0.1) is 0 Å². The van der Waals surface area contributed by atoms with Gasteiger partial charge in [-0.1, -0.05) is 35.0 Å². The molecule has 1 heterocycles. The summed E-state index contributed by atoms with van der Waals surface area (Å²) in [6, 6.07) is 12.3. The summed E-state index contributed by atoms with van der Waals surface area (Å²) in [7, 11) is 0. The Hall–Kier alpha value is -2.81. The van der Waals surface area contributed by atoms with E-state index in [-0.39, 0.29) is 12.4 Å². The van der Waals surface area contributed by atoms with Crippen LogP contribution in [0.1, 0.15) is 34.6 Å². The van der Waals surface area contributed by atoms with Gasteiger partial charge < -0.3 is 5.11 Å². The number of carboxylic acids is 1. The molecule has 0 atom stereocenters. The van der Waals surface area contributed by atoms with E-state index in [0.29, 0.717) is 40.0 Å². The van der Waals surface area contributed by atoms with E-state index < -0.39 is 5.97 Å². The molecular formula is C22H17Cl2FN2O2. The Balaban J connectivity index is 2.08. The molecule has 0 radical (unpaired) electrons. The minimum Gasteiger partial charge on any atom is -0.476 e. The maximum absolute atomic E-state index is 12.1. The summed E-state index contributed by atoms with van der Waals surface area (Å²) in [6.07, 6.45) is 0.919. The van der Waals surface area contributed by atoms with Crippen LogP contribution in [0.15, 0.2) is 42.5 Å². The first-order valence-electron chi connectivity index (χ1n) is 8.85. The number of aromatic nitrogens is 2. The molecule has 3 rings (SSSR count). The zero-order chi connectivity index (χ0) is 21.0. The molecule has 0 aliphatic carbocycles. The number of hydrogen-bond acceptors (Lipinski definition) is 2. The molecule has 0 aliphatic rings. The number of imidazole rings is 1. The molecule has 1 N–H and O–H groups in total. The summed E-state index contributed by atoms with van der Waals surface area (Å²) in [5.74, 6) is 5.20. The van der Waals surface area contributed by atoms with E-state index in [0.717, 1.165) is 11.3 Å². The molecule has 0 aliphatic heterocycles. The predicted molar refractivity (Wildman–Crippen MR) is 113 cm³/mol. The molecule has 3 aromatic rings. The van der Waals surface area contributed by atoms with Gasteiger partial charge in [0.15, 0.2) is 5.69 Å². The molecule has 0 spiro atoms. The van der Waals surface area contributed by atoms with Gasteiger partial charge in [-0.3, -0.25) is 8.96 Å². The molecule has 29 heavy (non-hydrogen) atoms. The zero-order valence-corrected chi connectivity index (χ0v) is 17.1. The first-order valence-corrected chi connectivity index (χ1v) is 9.61. The number of halogens is 3. The van der Waals surface area contributed by atoms with Crippen molar-refractivity contribution < 1.29 is 14.3 Å². The number of nitrogens with zero attached hydrogens (tertiary/aromatic N) is 2. The monoisotopic (exact) mass is 430 g/mol. The Morgan fingerprint density at radius 1 is 1.21 bits per heavy atom. The molecule has 0 amide bonds. The van der Waals surface area contributed by atoms with Gasteiger partial charge in [0.2, 0.25) is 0 Å². The van der Waals surface area contributed by atoms with Crippen LogP contribution in [0.5, 0.6) is 0 Å². The van der Waals surface area contributed by atoms with E-state index in [9.17, 15) is 14.3 Å². The Bertz CT molecular complexity index is 1110. The Morgan fingerprint density at radius 3 is 2.55 bits per heavy atom. The van der Waals surface area contributed by atoms with Crippen LogP contribution < -0.4 is 0 Å². The van der Waals surface area contributed by atoms with Gasteiger partial charge in [-0.2, -0.15) is 0 Å². The van der Waals surface area contributed by atoms with E-state index in [4.69, 9.17) is 23.2 Å². The molecule has 2 aromatic carbocycles. The second-order valence-electron chi connectivity index (χ2n) is 6.28. The van der Waals surface area contributed by atoms with Crippen molar-refractivity contribution in [3.05, 3.63) is 69.5 Å². The van der Waals surface area contributed by atoms with Crippen LogP contribution in [-0.2, 0) is 0 Å². The fourth-order valence-electron chi connectivity index (χ4n) is 2.89. The Morgan fingerprint density at radius 2 is 1.93 bits per heavy atom. The molecular weight excluding hydrogens is 414 g/mol.